The third kappa shape index (κ3) is 3.11. The van der Waals surface area contributed by atoms with Crippen LogP contribution in [0.25, 0.3) is 0 Å². The van der Waals surface area contributed by atoms with Crippen LogP contribution < -0.4 is 4.74 Å². The molecule has 2 nitrogen and oxygen atoms in total. The van der Waals surface area contributed by atoms with Crippen LogP contribution in [-0.2, 0) is 0 Å². The summed E-state index contributed by atoms with van der Waals surface area (Å²) in [5.74, 6) is -4.32. The maximum atomic E-state index is 13.2. The van der Waals surface area contributed by atoms with E-state index in [1.807, 2.05) is 6.07 Å². The highest BCUT2D eigenvalue weighted by Crippen LogP contribution is 2.42. The standard InChI is InChI=1S/C11H10F4NOP/c1-7(10(12,13)11(14,15)18)17-9-4-2-8(6-16)3-5-9/h2-5,7H,18H2,1H3. The molecule has 2 unspecified atom stereocenters. The van der Waals surface area contributed by atoms with Crippen molar-refractivity contribution in [2.24, 2.45) is 0 Å². The molecule has 0 bridgehead atoms. The predicted molar refractivity (Wildman–Crippen MR) is 60.9 cm³/mol. The van der Waals surface area contributed by atoms with Crippen molar-refractivity contribution in [3.63, 3.8) is 0 Å². The first-order valence-electron chi connectivity index (χ1n) is 4.90. The molecule has 0 aliphatic rings. The fraction of sp³-hybridized carbons (Fsp3) is 0.364. The number of hydrogen-bond donors (Lipinski definition) is 0. The van der Waals surface area contributed by atoms with E-state index in [4.69, 9.17) is 10.00 Å². The van der Waals surface area contributed by atoms with E-state index in [2.05, 4.69) is 0 Å². The summed E-state index contributed by atoms with van der Waals surface area (Å²) in [6.07, 6.45) is -2.00. The Bertz CT molecular complexity index is 450. The van der Waals surface area contributed by atoms with Crippen LogP contribution in [0, 0.1) is 11.3 Å². The van der Waals surface area contributed by atoms with Crippen LogP contribution in [0.5, 0.6) is 5.75 Å². The van der Waals surface area contributed by atoms with Crippen LogP contribution in [0.15, 0.2) is 24.3 Å². The van der Waals surface area contributed by atoms with E-state index in [1.165, 1.54) is 24.3 Å². The molecule has 0 spiro atoms. The first kappa shape index (κ1) is 14.7. The van der Waals surface area contributed by atoms with E-state index in [-0.39, 0.29) is 5.75 Å². The summed E-state index contributed by atoms with van der Waals surface area (Å²) < 4.78 is 56.5. The molecule has 0 fully saturated rings. The van der Waals surface area contributed by atoms with Crippen molar-refractivity contribution in [1.82, 2.24) is 0 Å². The topological polar surface area (TPSA) is 33.0 Å². The molecule has 18 heavy (non-hydrogen) atoms. The van der Waals surface area contributed by atoms with Gasteiger partial charge in [0, 0.05) is 0 Å². The maximum Gasteiger partial charge on any atom is 0.348 e. The van der Waals surface area contributed by atoms with Gasteiger partial charge >= 0.3 is 11.6 Å². The van der Waals surface area contributed by atoms with E-state index >= 15 is 0 Å². The van der Waals surface area contributed by atoms with Crippen molar-refractivity contribution in [3.8, 4) is 11.8 Å². The third-order valence-corrected chi connectivity index (χ3v) is 2.64. The van der Waals surface area contributed by atoms with Gasteiger partial charge in [0.2, 0.25) is 0 Å². The Morgan fingerprint density at radius 1 is 1.22 bits per heavy atom. The Kier molecular flexibility index (Phi) is 4.18. The second-order valence-electron chi connectivity index (χ2n) is 3.64. The molecule has 0 aliphatic heterocycles. The van der Waals surface area contributed by atoms with Crippen LogP contribution in [0.1, 0.15) is 12.5 Å². The Morgan fingerprint density at radius 3 is 2.11 bits per heavy atom. The molecule has 7 heteroatoms. The highest BCUT2D eigenvalue weighted by Gasteiger charge is 2.57. The molecule has 1 aromatic rings. The Morgan fingerprint density at radius 2 is 1.72 bits per heavy atom. The van der Waals surface area contributed by atoms with Crippen LogP contribution in [-0.4, -0.2) is 17.7 Å². The molecule has 0 aromatic heterocycles. The Balaban J connectivity index is 2.81. The van der Waals surface area contributed by atoms with Gasteiger partial charge < -0.3 is 4.74 Å². The molecule has 0 saturated heterocycles. The van der Waals surface area contributed by atoms with E-state index in [0.717, 1.165) is 16.2 Å². The summed E-state index contributed by atoms with van der Waals surface area (Å²) in [6, 6.07) is 7.07. The summed E-state index contributed by atoms with van der Waals surface area (Å²) in [5.41, 5.74) is -3.93. The van der Waals surface area contributed by atoms with E-state index < -0.39 is 17.7 Å². The SMILES string of the molecule is CC(Oc1ccc(C#N)cc1)C(F)(F)C(F)(F)P. The normalized spacial score (nSPS) is 13.8. The Hall–Kier alpha value is -1.34. The zero-order chi connectivity index (χ0) is 14.0. The maximum absolute atomic E-state index is 13.2. The van der Waals surface area contributed by atoms with Gasteiger partial charge in [0.1, 0.15) is 5.75 Å². The number of alkyl halides is 4. The van der Waals surface area contributed by atoms with Gasteiger partial charge in [0.25, 0.3) is 0 Å². The number of rotatable bonds is 4. The van der Waals surface area contributed by atoms with Crippen molar-refractivity contribution >= 4 is 9.24 Å². The smallest absolute Gasteiger partial charge is 0.348 e. The van der Waals surface area contributed by atoms with Gasteiger partial charge in [-0.25, -0.2) is 0 Å². The largest absolute Gasteiger partial charge is 0.484 e. The average molecular weight is 279 g/mol. The van der Waals surface area contributed by atoms with Gasteiger partial charge in [-0.3, -0.25) is 0 Å². The second-order valence-corrected chi connectivity index (χ2v) is 4.37. The van der Waals surface area contributed by atoms with Gasteiger partial charge in [-0.2, -0.15) is 22.8 Å². The monoisotopic (exact) mass is 279 g/mol. The number of halogens is 4. The number of ether oxygens (including phenoxy) is 1. The van der Waals surface area contributed by atoms with Gasteiger partial charge in [0.15, 0.2) is 6.10 Å². The van der Waals surface area contributed by atoms with Crippen LogP contribution >= 0.6 is 9.24 Å². The first-order chi connectivity index (χ1) is 8.18. The minimum absolute atomic E-state index is 0.00424. The van der Waals surface area contributed by atoms with Gasteiger partial charge in [-0.05, 0) is 31.2 Å². The summed E-state index contributed by atoms with van der Waals surface area (Å²) >= 11 is 0. The second kappa shape index (κ2) is 5.11. The minimum atomic E-state index is -4.31. The fourth-order valence-electron chi connectivity index (χ4n) is 1.16. The molecular weight excluding hydrogens is 269 g/mol. The highest BCUT2D eigenvalue weighted by atomic mass is 31.0. The first-order valence-corrected chi connectivity index (χ1v) is 5.47. The van der Waals surface area contributed by atoms with Crippen molar-refractivity contribution in [1.29, 1.82) is 5.26 Å². The molecule has 1 rings (SSSR count). The zero-order valence-electron chi connectivity index (χ0n) is 9.33. The van der Waals surface area contributed by atoms with Crippen molar-refractivity contribution in [2.45, 2.75) is 24.6 Å². The summed E-state index contributed by atoms with van der Waals surface area (Å²) in [5, 5.41) is 8.53. The highest BCUT2D eigenvalue weighted by molar-refractivity contribution is 7.18. The number of nitrogens with zero attached hydrogens (tertiary/aromatic N) is 1. The fourth-order valence-corrected chi connectivity index (χ4v) is 1.39. The number of benzene rings is 1. The van der Waals surface area contributed by atoms with Crippen molar-refractivity contribution in [2.75, 3.05) is 0 Å². The van der Waals surface area contributed by atoms with Crippen molar-refractivity contribution in [3.05, 3.63) is 29.8 Å². The van der Waals surface area contributed by atoms with Gasteiger partial charge in [-0.1, -0.05) is 9.24 Å². The van der Waals surface area contributed by atoms with E-state index in [1.54, 1.807) is 0 Å². The Labute approximate surface area is 104 Å². The molecule has 0 amide bonds. The molecule has 0 aliphatic carbocycles. The molecule has 0 saturated carbocycles. The molecule has 1 aromatic carbocycles. The zero-order valence-corrected chi connectivity index (χ0v) is 10.5. The molecular formula is C11H10F4NOP. The lowest BCUT2D eigenvalue weighted by molar-refractivity contribution is -0.197. The molecule has 0 heterocycles. The van der Waals surface area contributed by atoms with Gasteiger partial charge in [0.05, 0.1) is 11.6 Å². The van der Waals surface area contributed by atoms with Crippen molar-refractivity contribution < 1.29 is 22.3 Å². The lowest BCUT2D eigenvalue weighted by Crippen LogP contribution is -2.47. The van der Waals surface area contributed by atoms with E-state index in [0.29, 0.717) is 5.56 Å². The lowest BCUT2D eigenvalue weighted by Gasteiger charge is -2.28. The van der Waals surface area contributed by atoms with Crippen LogP contribution in [0.3, 0.4) is 0 Å². The summed E-state index contributed by atoms with van der Waals surface area (Å²) in [6.45, 7) is 0.857. The van der Waals surface area contributed by atoms with Crippen LogP contribution in [0.2, 0.25) is 0 Å². The summed E-state index contributed by atoms with van der Waals surface area (Å²) in [7, 11) is 0.805. The minimum Gasteiger partial charge on any atom is -0.484 e. The molecule has 0 N–H and O–H groups in total. The number of nitriles is 1. The summed E-state index contributed by atoms with van der Waals surface area (Å²) in [4.78, 5) is 0. The quantitative estimate of drug-likeness (QED) is 0.625. The predicted octanol–water partition coefficient (Wildman–Crippen LogP) is 3.43. The average Bonchev–Trinajstić information content (AvgIpc) is 2.28. The third-order valence-electron chi connectivity index (χ3n) is 2.25. The molecule has 98 valence electrons. The van der Waals surface area contributed by atoms with E-state index in [9.17, 15) is 17.6 Å². The molecule has 0 radical (unpaired) electrons. The molecule has 2 atom stereocenters. The van der Waals surface area contributed by atoms with Gasteiger partial charge in [-0.15, -0.1) is 0 Å². The lowest BCUT2D eigenvalue weighted by atomic mass is 10.2. The number of hydrogen-bond acceptors (Lipinski definition) is 2. The van der Waals surface area contributed by atoms with Crippen LogP contribution in [0.4, 0.5) is 17.6 Å².